The van der Waals surface area contributed by atoms with Crippen molar-refractivity contribution in [2.45, 2.75) is 0 Å². The fourth-order valence-electron chi connectivity index (χ4n) is 1.80. The lowest BCUT2D eigenvalue weighted by Crippen LogP contribution is -2.06. The van der Waals surface area contributed by atoms with Crippen LogP contribution in [0.1, 0.15) is 0 Å². The van der Waals surface area contributed by atoms with Crippen molar-refractivity contribution in [3.8, 4) is 0 Å². The van der Waals surface area contributed by atoms with Gasteiger partial charge in [-0.05, 0) is 24.3 Å². The number of benzene rings is 2. The first-order valence-electron chi connectivity index (χ1n) is 5.75. The molecule has 3 aromatic rings. The summed E-state index contributed by atoms with van der Waals surface area (Å²) in [6.45, 7) is 0. The van der Waals surface area contributed by atoms with Gasteiger partial charge in [0.1, 0.15) is 5.52 Å². The molecule has 1 heterocycles. The first-order valence-corrected chi connectivity index (χ1v) is 6.13. The molecule has 0 fully saturated rings. The van der Waals surface area contributed by atoms with E-state index in [0.717, 1.165) is 6.07 Å². The van der Waals surface area contributed by atoms with Crippen molar-refractivity contribution in [3.63, 3.8) is 0 Å². The van der Waals surface area contributed by atoms with Gasteiger partial charge in [-0.25, -0.2) is 9.18 Å². The maximum absolute atomic E-state index is 13.8. The summed E-state index contributed by atoms with van der Waals surface area (Å²) in [5.74, 6) is -0.670. The highest BCUT2D eigenvalue weighted by molar-refractivity contribution is 6.31. The number of hydrogen-bond donors (Lipinski definition) is 1. The molecule has 0 unspecified atom stereocenters. The highest BCUT2D eigenvalue weighted by Crippen LogP contribution is 2.21. The predicted octanol–water partition coefficient (Wildman–Crippen LogP) is 3.72. The van der Waals surface area contributed by atoms with E-state index < -0.39 is 11.4 Å². The number of hydrogen-bond acceptors (Lipinski definition) is 4. The van der Waals surface area contributed by atoms with Crippen LogP contribution in [0.4, 0.5) is 16.1 Å². The van der Waals surface area contributed by atoms with Crippen LogP contribution < -0.4 is 10.9 Å². The summed E-state index contributed by atoms with van der Waals surface area (Å²) in [7, 11) is 0. The van der Waals surface area contributed by atoms with Gasteiger partial charge in [0.05, 0.1) is 5.39 Å². The number of para-hydroxylation sites is 1. The molecule has 1 aromatic heterocycles. The standard InChI is InChI=1S/C14H8ClFN2O2/c15-8-6-10-12(11(16)7-8)18-14(20-13(10)19)17-9-4-2-1-3-5-9/h1-7H,(H,17,18). The van der Waals surface area contributed by atoms with Gasteiger partial charge in [0.25, 0.3) is 0 Å². The van der Waals surface area contributed by atoms with E-state index in [1.807, 2.05) is 18.2 Å². The molecule has 0 bridgehead atoms. The molecular formula is C14H8ClFN2O2. The van der Waals surface area contributed by atoms with Gasteiger partial charge in [-0.15, -0.1) is 0 Å². The van der Waals surface area contributed by atoms with Crippen LogP contribution in [0.2, 0.25) is 5.02 Å². The smallest absolute Gasteiger partial charge is 0.348 e. The van der Waals surface area contributed by atoms with E-state index in [1.54, 1.807) is 12.1 Å². The average molecular weight is 291 g/mol. The number of rotatable bonds is 2. The second kappa shape index (κ2) is 4.94. The SMILES string of the molecule is O=c1oc(Nc2ccccc2)nc2c(F)cc(Cl)cc12. The molecule has 0 saturated carbocycles. The molecule has 0 radical (unpaired) electrons. The van der Waals surface area contributed by atoms with Crippen molar-refractivity contribution in [2.75, 3.05) is 5.32 Å². The molecule has 0 aliphatic carbocycles. The summed E-state index contributed by atoms with van der Waals surface area (Å²) in [4.78, 5) is 15.8. The van der Waals surface area contributed by atoms with Gasteiger partial charge in [-0.2, -0.15) is 4.98 Å². The maximum Gasteiger partial charge on any atom is 0.348 e. The zero-order valence-electron chi connectivity index (χ0n) is 10.1. The van der Waals surface area contributed by atoms with Gasteiger partial charge in [-0.1, -0.05) is 29.8 Å². The molecule has 6 heteroatoms. The van der Waals surface area contributed by atoms with E-state index in [-0.39, 0.29) is 21.9 Å². The third-order valence-corrected chi connectivity index (χ3v) is 2.89. The first-order chi connectivity index (χ1) is 9.63. The van der Waals surface area contributed by atoms with Crippen LogP contribution in [-0.2, 0) is 0 Å². The summed E-state index contributed by atoms with van der Waals surface area (Å²) >= 11 is 5.70. The Labute approximate surface area is 117 Å². The lowest BCUT2D eigenvalue weighted by atomic mass is 10.2. The molecule has 100 valence electrons. The molecule has 0 aliphatic heterocycles. The summed E-state index contributed by atoms with van der Waals surface area (Å²) in [6, 6.07) is 11.3. The average Bonchev–Trinajstić information content (AvgIpc) is 2.41. The summed E-state index contributed by atoms with van der Waals surface area (Å²) in [6.07, 6.45) is 0. The molecule has 3 rings (SSSR count). The van der Waals surface area contributed by atoms with Gasteiger partial charge >= 0.3 is 11.6 Å². The Morgan fingerprint density at radius 3 is 2.70 bits per heavy atom. The molecule has 0 amide bonds. The lowest BCUT2D eigenvalue weighted by molar-refractivity contribution is 0.519. The van der Waals surface area contributed by atoms with Gasteiger partial charge in [0.15, 0.2) is 5.82 Å². The van der Waals surface area contributed by atoms with E-state index in [2.05, 4.69) is 10.3 Å². The van der Waals surface area contributed by atoms with Crippen LogP contribution in [0.5, 0.6) is 0 Å². The van der Waals surface area contributed by atoms with Crippen LogP contribution in [0.15, 0.2) is 51.7 Å². The molecule has 1 N–H and O–H groups in total. The van der Waals surface area contributed by atoms with E-state index in [4.69, 9.17) is 16.0 Å². The Bertz CT molecular complexity index is 834. The van der Waals surface area contributed by atoms with Crippen molar-refractivity contribution >= 4 is 34.2 Å². The normalized spacial score (nSPS) is 10.7. The van der Waals surface area contributed by atoms with Crippen LogP contribution >= 0.6 is 11.6 Å². The quantitative estimate of drug-likeness (QED) is 0.781. The van der Waals surface area contributed by atoms with E-state index in [0.29, 0.717) is 5.69 Å². The predicted molar refractivity (Wildman–Crippen MR) is 75.0 cm³/mol. The fraction of sp³-hybridized carbons (Fsp3) is 0. The van der Waals surface area contributed by atoms with Crippen LogP contribution in [0, 0.1) is 5.82 Å². The Hall–Kier alpha value is -2.40. The molecule has 2 aromatic carbocycles. The molecule has 0 saturated heterocycles. The Balaban J connectivity index is 2.13. The molecule has 4 nitrogen and oxygen atoms in total. The number of anilines is 2. The molecular weight excluding hydrogens is 283 g/mol. The number of nitrogens with zero attached hydrogens (tertiary/aromatic N) is 1. The number of fused-ring (bicyclic) bond motifs is 1. The van der Waals surface area contributed by atoms with Gasteiger partial charge in [0.2, 0.25) is 0 Å². The first kappa shape index (κ1) is 12.6. The van der Waals surface area contributed by atoms with Gasteiger partial charge in [0, 0.05) is 10.7 Å². The van der Waals surface area contributed by atoms with Crippen molar-refractivity contribution in [2.24, 2.45) is 0 Å². The molecule has 0 spiro atoms. The number of halogens is 2. The summed E-state index contributed by atoms with van der Waals surface area (Å²) in [5, 5.41) is 2.93. The van der Waals surface area contributed by atoms with Gasteiger partial charge in [-0.3, -0.25) is 0 Å². The largest absolute Gasteiger partial charge is 0.388 e. The van der Waals surface area contributed by atoms with Crippen molar-refractivity contribution in [1.29, 1.82) is 0 Å². The van der Waals surface area contributed by atoms with Crippen molar-refractivity contribution in [1.82, 2.24) is 4.98 Å². The highest BCUT2D eigenvalue weighted by Gasteiger charge is 2.12. The second-order valence-electron chi connectivity index (χ2n) is 4.08. The van der Waals surface area contributed by atoms with Crippen LogP contribution in [0.3, 0.4) is 0 Å². The third kappa shape index (κ3) is 2.35. The minimum Gasteiger partial charge on any atom is -0.388 e. The number of aromatic nitrogens is 1. The monoisotopic (exact) mass is 290 g/mol. The minimum absolute atomic E-state index is 0.00797. The Kier molecular flexibility index (Phi) is 3.12. The fourth-order valence-corrected chi connectivity index (χ4v) is 2.01. The van der Waals surface area contributed by atoms with E-state index in [9.17, 15) is 9.18 Å². The molecule has 0 aliphatic rings. The zero-order chi connectivity index (χ0) is 14.1. The number of nitrogens with one attached hydrogen (secondary N) is 1. The van der Waals surface area contributed by atoms with Crippen LogP contribution in [-0.4, -0.2) is 4.98 Å². The minimum atomic E-state index is -0.699. The summed E-state index contributed by atoms with van der Waals surface area (Å²) < 4.78 is 18.8. The van der Waals surface area contributed by atoms with Gasteiger partial charge < -0.3 is 9.73 Å². The summed E-state index contributed by atoms with van der Waals surface area (Å²) in [5.41, 5.74) is -0.101. The Morgan fingerprint density at radius 2 is 1.95 bits per heavy atom. The van der Waals surface area contributed by atoms with Crippen molar-refractivity contribution < 1.29 is 8.81 Å². The van der Waals surface area contributed by atoms with Crippen molar-refractivity contribution in [3.05, 3.63) is 63.7 Å². The molecule has 0 atom stereocenters. The highest BCUT2D eigenvalue weighted by atomic mass is 35.5. The topological polar surface area (TPSA) is 55.1 Å². The lowest BCUT2D eigenvalue weighted by Gasteiger charge is -2.05. The van der Waals surface area contributed by atoms with E-state index >= 15 is 0 Å². The van der Waals surface area contributed by atoms with Crippen LogP contribution in [0.25, 0.3) is 10.9 Å². The molecule has 20 heavy (non-hydrogen) atoms. The van der Waals surface area contributed by atoms with E-state index in [1.165, 1.54) is 6.07 Å². The third-order valence-electron chi connectivity index (χ3n) is 2.68. The Morgan fingerprint density at radius 1 is 1.20 bits per heavy atom. The maximum atomic E-state index is 13.8. The zero-order valence-corrected chi connectivity index (χ0v) is 10.8. The second-order valence-corrected chi connectivity index (χ2v) is 4.52.